The third kappa shape index (κ3) is 27.8. The van der Waals surface area contributed by atoms with Crippen LogP contribution in [-0.2, 0) is 76.7 Å². The van der Waals surface area contributed by atoms with Gasteiger partial charge < -0.3 is 88.7 Å². The van der Waals surface area contributed by atoms with Crippen LogP contribution in [0.15, 0.2) is 0 Å². The average Bonchev–Trinajstić information content (AvgIpc) is 1.06. The number of quaternary nitrogens is 1. The number of piperidine rings is 3. The van der Waals surface area contributed by atoms with E-state index in [0.29, 0.717) is 57.3 Å². The molecule has 5 saturated heterocycles. The first kappa shape index (κ1) is 98.0. The van der Waals surface area contributed by atoms with Crippen molar-refractivity contribution < 1.29 is 81.6 Å². The van der Waals surface area contributed by atoms with Gasteiger partial charge in [0, 0.05) is 77.9 Å². The van der Waals surface area contributed by atoms with E-state index < -0.39 is 165 Å². The lowest BCUT2D eigenvalue weighted by Gasteiger charge is -2.42. The fourth-order valence-electron chi connectivity index (χ4n) is 15.8. The van der Waals surface area contributed by atoms with Crippen molar-refractivity contribution in [1.82, 2.24) is 88.7 Å². The fraction of sp³-hybridized carbons (Fsp3) is 0.805. The number of hydrogen-bond acceptors (Lipinski definition) is 17. The van der Waals surface area contributed by atoms with Gasteiger partial charge in [-0.15, -0.1) is 0 Å². The lowest BCUT2D eigenvalue weighted by atomic mass is 9.91. The van der Waals surface area contributed by atoms with Gasteiger partial charge in [-0.1, -0.05) is 55.4 Å². The van der Waals surface area contributed by atoms with E-state index in [9.17, 15) is 76.7 Å². The summed E-state index contributed by atoms with van der Waals surface area (Å²) < 4.78 is 0. The van der Waals surface area contributed by atoms with Crippen LogP contribution in [-0.4, -0.2) is 261 Å². The van der Waals surface area contributed by atoms with Crippen molar-refractivity contribution in [1.29, 1.82) is 0 Å². The molecule has 5 heterocycles. The minimum absolute atomic E-state index is 0.0559. The van der Waals surface area contributed by atoms with Gasteiger partial charge in [-0.25, -0.2) is 0 Å². The monoisotopic (exact) mass is 1640 g/mol. The SMILES string of the molecule is CCC(C)(NC(=O)C(CC(C)C)NC(=O)CNC(=O)C(C)(C)NC(=O)[C@@H]1CCCCN1C(=O)C(C)(C)NC(=O)C(C)(C)NC(=O)CNC(=O)CCNC(=O)[C@H](CC(C)C)NC(=O)C(C)(C)NC(=O)C(C)(CC)NC(=O)[C@@H]1CCCCN1C(=O)C(C)(C)NC(=O)[C@@H]1CCCCN1C(C)=O)C(=O)NC(CC(C)C)CN1CCC[NH+]2CCCC12. The van der Waals surface area contributed by atoms with Crippen molar-refractivity contribution in [2.45, 2.75) is 342 Å². The van der Waals surface area contributed by atoms with Gasteiger partial charge in [-0.05, 0) is 191 Å². The number of carbonyl (C=O) groups is 16. The molecule has 10 atom stereocenters. The summed E-state index contributed by atoms with van der Waals surface area (Å²) in [5.74, 6) is -9.61. The highest BCUT2D eigenvalue weighted by Crippen LogP contribution is 2.28. The Morgan fingerprint density at radius 1 is 0.388 bits per heavy atom. The summed E-state index contributed by atoms with van der Waals surface area (Å²) >= 11 is 0. The Morgan fingerprint density at radius 2 is 0.836 bits per heavy atom. The molecule has 0 radical (unpaired) electrons. The summed E-state index contributed by atoms with van der Waals surface area (Å²) in [6, 6.07) is -5.15. The lowest BCUT2D eigenvalue weighted by molar-refractivity contribution is -0.930. The zero-order valence-corrected chi connectivity index (χ0v) is 73.4. The number of hydrogen-bond donors (Lipinski definition) is 14. The molecule has 656 valence electrons. The molecule has 0 aromatic carbocycles. The predicted octanol–water partition coefficient (Wildman–Crippen LogP) is 0.235. The van der Waals surface area contributed by atoms with Gasteiger partial charge in [0.2, 0.25) is 94.5 Å². The van der Waals surface area contributed by atoms with E-state index in [0.717, 1.165) is 51.7 Å². The number of nitrogens with zero attached hydrogens (tertiary/aromatic N) is 4. The molecule has 0 aliphatic carbocycles. The van der Waals surface area contributed by atoms with E-state index in [2.05, 4.69) is 87.9 Å². The average molecular weight is 1640 g/mol. The molecule has 5 aliphatic heterocycles. The molecule has 34 nitrogen and oxygen atoms in total. The normalized spacial score (nSPS) is 20.8. The summed E-state index contributed by atoms with van der Waals surface area (Å²) in [5, 5.41) is 35.8. The molecule has 0 bridgehead atoms. The maximum atomic E-state index is 14.4. The second-order valence-electron chi connectivity index (χ2n) is 37.0. The van der Waals surface area contributed by atoms with E-state index in [1.807, 2.05) is 34.6 Å². The standard InChI is InChI=1S/C82H142N18O16/c1-22-81(20,72(113)86-54(44-50(3)4)49-97-40-31-39-96-38-30-35-63(96)97)92-65(106)56(46-52(7)8)87-61(103)47-85-69(110)76(10,11)90-67(108)58-33-25-28-42-99(58)75(116)80(18,19)94-71(112)78(14,15)89-62(104)48-84-60(102)36-37-83-64(105)55(45-51(5)6)88-70(111)77(12,13)95-73(114)82(21,23-2)93-68(109)59-34-26-29-43-100(59)74(115)79(16,17)91-66(107)57-32-24-27-41-98(57)53(9)101/h50-52,54-59,63H,22-49H2,1-21H3,(H,83,105)(H,84,102)(H,85,110)(H,86,113)(H,87,103)(H,88,111)(H,89,104)(H,90,108)(H,91,107)(H,92,106)(H,93,109)(H,94,112)(H,95,114)/p+1/t54?,55-,56?,57-,58-,59-,63?,81?,82?/m0/s1. The number of likely N-dealkylation sites (tertiary alicyclic amines) is 3. The van der Waals surface area contributed by atoms with E-state index in [-0.39, 0.29) is 94.3 Å². The van der Waals surface area contributed by atoms with E-state index in [1.54, 1.807) is 32.6 Å². The van der Waals surface area contributed by atoms with Crippen LogP contribution in [0.1, 0.15) is 261 Å². The summed E-state index contributed by atoms with van der Waals surface area (Å²) in [6.45, 7) is 37.7. The first-order valence-corrected chi connectivity index (χ1v) is 42.3. The molecule has 6 unspecified atom stereocenters. The number of amides is 16. The molecule has 0 aromatic heterocycles. The van der Waals surface area contributed by atoms with Crippen molar-refractivity contribution in [3.05, 3.63) is 0 Å². The van der Waals surface area contributed by atoms with E-state index in [1.165, 1.54) is 90.4 Å². The van der Waals surface area contributed by atoms with Gasteiger partial charge in [0.25, 0.3) is 0 Å². The first-order valence-electron chi connectivity index (χ1n) is 42.3. The van der Waals surface area contributed by atoms with Gasteiger partial charge >= 0.3 is 0 Å². The molecule has 116 heavy (non-hydrogen) atoms. The highest BCUT2D eigenvalue weighted by atomic mass is 16.2. The minimum atomic E-state index is -1.67. The Balaban J connectivity index is 1.08. The summed E-state index contributed by atoms with van der Waals surface area (Å²) in [7, 11) is 0. The van der Waals surface area contributed by atoms with Crippen LogP contribution in [0, 0.1) is 17.8 Å². The largest absolute Gasteiger partial charge is 0.354 e. The van der Waals surface area contributed by atoms with Crippen LogP contribution in [0.5, 0.6) is 0 Å². The smallest absolute Gasteiger partial charge is 0.248 e. The van der Waals surface area contributed by atoms with Crippen LogP contribution < -0.4 is 74.0 Å². The molecule has 5 rings (SSSR count). The van der Waals surface area contributed by atoms with Crippen LogP contribution in [0.25, 0.3) is 0 Å². The van der Waals surface area contributed by atoms with Crippen LogP contribution >= 0.6 is 0 Å². The van der Waals surface area contributed by atoms with Crippen LogP contribution in [0.3, 0.4) is 0 Å². The Hall–Kier alpha value is -8.56. The number of fused-ring (bicyclic) bond motifs is 1. The van der Waals surface area contributed by atoms with Crippen molar-refractivity contribution in [3.8, 4) is 0 Å². The van der Waals surface area contributed by atoms with Gasteiger partial charge in [-0.3, -0.25) is 81.6 Å². The summed E-state index contributed by atoms with van der Waals surface area (Å²) in [6.07, 6.45) is 9.74. The van der Waals surface area contributed by atoms with Gasteiger partial charge in [0.05, 0.1) is 26.2 Å². The number of nitrogens with one attached hydrogen (secondary N) is 14. The maximum Gasteiger partial charge on any atom is 0.248 e. The molecule has 34 heteroatoms. The molecule has 5 fully saturated rings. The summed E-state index contributed by atoms with van der Waals surface area (Å²) in [4.78, 5) is 230. The van der Waals surface area contributed by atoms with Gasteiger partial charge in [0.1, 0.15) is 75.1 Å². The third-order valence-electron chi connectivity index (χ3n) is 23.1. The summed E-state index contributed by atoms with van der Waals surface area (Å²) in [5.41, 5.74) is -11.0. The first-order chi connectivity index (χ1) is 53.8. The van der Waals surface area contributed by atoms with Crippen molar-refractivity contribution in [2.75, 3.05) is 65.4 Å². The van der Waals surface area contributed by atoms with Crippen LogP contribution in [0.2, 0.25) is 0 Å². The molecular weight excluding hydrogens is 1490 g/mol. The van der Waals surface area contributed by atoms with Gasteiger partial charge in [-0.2, -0.15) is 0 Å². The van der Waals surface area contributed by atoms with Gasteiger partial charge in [0.15, 0.2) is 0 Å². The predicted molar refractivity (Wildman–Crippen MR) is 436 cm³/mol. The second-order valence-corrected chi connectivity index (χ2v) is 37.0. The molecule has 0 saturated carbocycles. The maximum absolute atomic E-state index is 14.4. The Labute approximate surface area is 687 Å². The lowest BCUT2D eigenvalue weighted by Crippen LogP contribution is -3.16. The topological polar surface area (TPSA) is 447 Å². The molecule has 0 spiro atoms. The molecule has 16 amide bonds. The molecule has 0 aromatic rings. The van der Waals surface area contributed by atoms with E-state index in [4.69, 9.17) is 0 Å². The van der Waals surface area contributed by atoms with Crippen molar-refractivity contribution >= 4 is 94.5 Å². The van der Waals surface area contributed by atoms with E-state index >= 15 is 0 Å². The highest BCUT2D eigenvalue weighted by Gasteiger charge is 2.49. The number of rotatable bonds is 39. The minimum Gasteiger partial charge on any atom is -0.354 e. The number of carbonyl (C=O) groups excluding carboxylic acids is 16. The molecule has 14 N–H and O–H groups in total. The Morgan fingerprint density at radius 3 is 1.36 bits per heavy atom. The highest BCUT2D eigenvalue weighted by molar-refractivity contribution is 6.02. The van der Waals surface area contributed by atoms with Crippen molar-refractivity contribution in [2.24, 2.45) is 17.8 Å². The van der Waals surface area contributed by atoms with Crippen LogP contribution in [0.4, 0.5) is 0 Å². The zero-order chi connectivity index (χ0) is 87.4. The zero-order valence-electron chi connectivity index (χ0n) is 73.4. The Bertz CT molecular complexity index is 3540. The third-order valence-corrected chi connectivity index (χ3v) is 23.1. The molecular formula is C82H143N18O16+. The second kappa shape index (κ2) is 42.2. The quantitative estimate of drug-likeness (QED) is 0.0392. The van der Waals surface area contributed by atoms with Crippen molar-refractivity contribution in [3.63, 3.8) is 0 Å². The molecule has 5 aliphatic rings. The fourth-order valence-corrected chi connectivity index (χ4v) is 15.8. The Kier molecular flexibility index (Phi) is 35.7.